The highest BCUT2D eigenvalue weighted by atomic mass is 16.4. The minimum Gasteiger partial charge on any atom is -0.478 e. The van der Waals surface area contributed by atoms with Crippen LogP contribution in [-0.2, 0) is 14.4 Å². The maximum Gasteiger partial charge on any atom is 0.328 e. The van der Waals surface area contributed by atoms with E-state index in [0.717, 1.165) is 17.2 Å². The molecule has 2 amide bonds. The molecule has 6 nitrogen and oxygen atoms in total. The van der Waals surface area contributed by atoms with Gasteiger partial charge in [0, 0.05) is 11.8 Å². The third kappa shape index (κ3) is 4.06. The molecule has 1 fully saturated rings. The molecule has 0 aromatic heterocycles. The van der Waals surface area contributed by atoms with Crippen LogP contribution in [0.4, 0.5) is 11.4 Å². The van der Waals surface area contributed by atoms with E-state index < -0.39 is 12.0 Å². The molecule has 6 heteroatoms. The summed E-state index contributed by atoms with van der Waals surface area (Å²) in [4.78, 5) is 37.2. The van der Waals surface area contributed by atoms with Gasteiger partial charge in [-0.3, -0.25) is 9.59 Å². The molecule has 1 atom stereocenters. The summed E-state index contributed by atoms with van der Waals surface area (Å²) in [7, 11) is 0. The molecule has 0 radical (unpaired) electrons. The number of hydrogen-bond donors (Lipinski definition) is 2. The molecule has 2 aromatic rings. The number of benzene rings is 2. The highest BCUT2D eigenvalue weighted by Gasteiger charge is 2.40. The molecule has 2 N–H and O–H groups in total. The lowest BCUT2D eigenvalue weighted by Crippen LogP contribution is -2.35. The Kier molecular flexibility index (Phi) is 5.07. The van der Waals surface area contributed by atoms with Crippen molar-refractivity contribution in [3.8, 4) is 0 Å². The summed E-state index contributed by atoms with van der Waals surface area (Å²) in [6, 6.07) is 12.0. The van der Waals surface area contributed by atoms with Crippen molar-refractivity contribution in [1.82, 2.24) is 0 Å². The van der Waals surface area contributed by atoms with Crippen LogP contribution < -0.4 is 10.2 Å². The van der Waals surface area contributed by atoms with E-state index >= 15 is 0 Å². The van der Waals surface area contributed by atoms with Crippen molar-refractivity contribution >= 4 is 35.2 Å². The second-order valence-corrected chi connectivity index (χ2v) is 6.56. The maximum absolute atomic E-state index is 12.8. The van der Waals surface area contributed by atoms with Crippen LogP contribution >= 0.6 is 0 Å². The van der Waals surface area contributed by atoms with Gasteiger partial charge in [-0.25, -0.2) is 9.69 Å². The Morgan fingerprint density at radius 1 is 1.19 bits per heavy atom. The van der Waals surface area contributed by atoms with Gasteiger partial charge in [-0.05, 0) is 54.8 Å². The summed E-state index contributed by atoms with van der Waals surface area (Å²) in [6.45, 7) is 3.79. The lowest BCUT2D eigenvalue weighted by Gasteiger charge is -2.18. The lowest BCUT2D eigenvalue weighted by atomic mass is 10.1. The second kappa shape index (κ2) is 7.45. The van der Waals surface area contributed by atoms with E-state index in [4.69, 9.17) is 5.11 Å². The van der Waals surface area contributed by atoms with E-state index in [1.54, 1.807) is 24.3 Å². The van der Waals surface area contributed by atoms with E-state index in [1.807, 2.05) is 32.0 Å². The minimum absolute atomic E-state index is 0.0708. The van der Waals surface area contributed by atoms with Crippen molar-refractivity contribution in [3.63, 3.8) is 0 Å². The molecule has 0 aliphatic carbocycles. The fraction of sp³-hybridized carbons (Fsp3) is 0.190. The number of carboxylic acid groups (broad SMARTS) is 1. The van der Waals surface area contributed by atoms with Crippen molar-refractivity contribution in [2.24, 2.45) is 0 Å². The van der Waals surface area contributed by atoms with Gasteiger partial charge in [0.15, 0.2) is 0 Å². The van der Waals surface area contributed by atoms with Gasteiger partial charge < -0.3 is 10.4 Å². The third-order valence-electron chi connectivity index (χ3n) is 4.40. The van der Waals surface area contributed by atoms with Gasteiger partial charge in [0.1, 0.15) is 6.04 Å². The van der Waals surface area contributed by atoms with Crippen molar-refractivity contribution in [3.05, 3.63) is 65.2 Å². The first-order valence-corrected chi connectivity index (χ1v) is 8.57. The van der Waals surface area contributed by atoms with Gasteiger partial charge in [-0.1, -0.05) is 24.3 Å². The molecule has 3 rings (SSSR count). The number of carboxylic acids is 1. The molecule has 1 unspecified atom stereocenters. The second-order valence-electron chi connectivity index (χ2n) is 6.56. The third-order valence-corrected chi connectivity index (χ3v) is 4.40. The Bertz CT molecular complexity index is 949. The first-order valence-electron chi connectivity index (χ1n) is 8.57. The van der Waals surface area contributed by atoms with Crippen LogP contribution in [0.5, 0.6) is 0 Å². The van der Waals surface area contributed by atoms with Crippen molar-refractivity contribution in [1.29, 1.82) is 0 Å². The SMILES string of the molecule is Cc1ccc(C)c(N2C(=O)CC(Nc3cccc(/C=C/C(=O)O)c3)C2=O)c1. The monoisotopic (exact) mass is 364 g/mol. The van der Waals surface area contributed by atoms with Gasteiger partial charge in [-0.2, -0.15) is 0 Å². The molecule has 1 aliphatic rings. The topological polar surface area (TPSA) is 86.7 Å². The van der Waals surface area contributed by atoms with E-state index in [9.17, 15) is 14.4 Å². The van der Waals surface area contributed by atoms with E-state index in [-0.39, 0.29) is 18.2 Å². The summed E-state index contributed by atoms with van der Waals surface area (Å²) in [5, 5.41) is 11.8. The number of carbonyl (C=O) groups is 3. The maximum atomic E-state index is 12.8. The van der Waals surface area contributed by atoms with E-state index in [0.29, 0.717) is 16.9 Å². The number of rotatable bonds is 5. The van der Waals surface area contributed by atoms with E-state index in [1.165, 1.54) is 11.0 Å². The van der Waals surface area contributed by atoms with Gasteiger partial charge in [-0.15, -0.1) is 0 Å². The van der Waals surface area contributed by atoms with Crippen molar-refractivity contribution in [2.45, 2.75) is 26.3 Å². The zero-order chi connectivity index (χ0) is 19.6. The Morgan fingerprint density at radius 2 is 1.96 bits per heavy atom. The average Bonchev–Trinajstić information content (AvgIpc) is 2.89. The molecule has 27 heavy (non-hydrogen) atoms. The number of nitrogens with zero attached hydrogens (tertiary/aromatic N) is 1. The summed E-state index contributed by atoms with van der Waals surface area (Å²) in [5.74, 6) is -1.57. The molecule has 0 spiro atoms. The molecule has 0 bridgehead atoms. The fourth-order valence-corrected chi connectivity index (χ4v) is 3.06. The molecule has 1 saturated heterocycles. The van der Waals surface area contributed by atoms with Crippen LogP contribution in [0.1, 0.15) is 23.1 Å². The number of aryl methyl sites for hydroxylation is 2. The number of amides is 2. The summed E-state index contributed by atoms with van der Waals surface area (Å²) >= 11 is 0. The molecular formula is C21H20N2O4. The van der Waals surface area contributed by atoms with Gasteiger partial charge >= 0.3 is 5.97 Å². The molecule has 1 heterocycles. The lowest BCUT2D eigenvalue weighted by molar-refractivity contribution is -0.131. The van der Waals surface area contributed by atoms with Gasteiger partial charge in [0.05, 0.1) is 12.1 Å². The number of imide groups is 1. The zero-order valence-corrected chi connectivity index (χ0v) is 15.1. The van der Waals surface area contributed by atoms with Crippen LogP contribution in [0.2, 0.25) is 0 Å². The van der Waals surface area contributed by atoms with Gasteiger partial charge in [0.25, 0.3) is 5.91 Å². The predicted octanol–water partition coefficient (Wildman–Crippen LogP) is 3.15. The normalized spacial score (nSPS) is 17.0. The van der Waals surface area contributed by atoms with Crippen molar-refractivity contribution in [2.75, 3.05) is 10.2 Å². The molecule has 1 aliphatic heterocycles. The highest BCUT2D eigenvalue weighted by Crippen LogP contribution is 2.28. The number of aliphatic carboxylic acids is 1. The fourth-order valence-electron chi connectivity index (χ4n) is 3.06. The average molecular weight is 364 g/mol. The number of hydrogen-bond acceptors (Lipinski definition) is 4. The Hall–Kier alpha value is -3.41. The smallest absolute Gasteiger partial charge is 0.328 e. The van der Waals surface area contributed by atoms with E-state index in [2.05, 4.69) is 5.32 Å². The van der Waals surface area contributed by atoms with Crippen LogP contribution in [0.25, 0.3) is 6.08 Å². The largest absolute Gasteiger partial charge is 0.478 e. The van der Waals surface area contributed by atoms with Crippen molar-refractivity contribution < 1.29 is 19.5 Å². The summed E-state index contributed by atoms with van der Waals surface area (Å²) < 4.78 is 0. The number of carbonyl (C=O) groups excluding carboxylic acids is 2. The van der Waals surface area contributed by atoms with Crippen LogP contribution in [0, 0.1) is 13.8 Å². The minimum atomic E-state index is -1.03. The predicted molar refractivity (Wildman–Crippen MR) is 104 cm³/mol. The number of anilines is 2. The Labute approximate surface area is 157 Å². The summed E-state index contributed by atoms with van der Waals surface area (Å²) in [6.07, 6.45) is 2.59. The molecule has 0 saturated carbocycles. The van der Waals surface area contributed by atoms with Gasteiger partial charge in [0.2, 0.25) is 5.91 Å². The molecule has 138 valence electrons. The first-order chi connectivity index (χ1) is 12.8. The number of nitrogens with one attached hydrogen (secondary N) is 1. The van der Waals surface area contributed by atoms with Crippen LogP contribution in [0.15, 0.2) is 48.5 Å². The van der Waals surface area contributed by atoms with Crippen LogP contribution in [0.3, 0.4) is 0 Å². The molecule has 2 aromatic carbocycles. The molecular weight excluding hydrogens is 344 g/mol. The quantitative estimate of drug-likeness (QED) is 0.629. The Balaban J connectivity index is 1.81. The van der Waals surface area contributed by atoms with Crippen LogP contribution in [-0.4, -0.2) is 28.9 Å². The highest BCUT2D eigenvalue weighted by molar-refractivity contribution is 6.23. The summed E-state index contributed by atoms with van der Waals surface area (Å²) in [5.41, 5.74) is 3.80. The first kappa shape index (κ1) is 18.4. The Morgan fingerprint density at radius 3 is 2.70 bits per heavy atom. The zero-order valence-electron chi connectivity index (χ0n) is 15.1. The standard InChI is InChI=1S/C21H20N2O4/c1-13-6-7-14(2)18(10-13)23-19(24)12-17(21(23)27)22-16-5-3-4-15(11-16)8-9-20(25)26/h3-11,17,22H,12H2,1-2H3,(H,25,26)/b9-8+.